The third kappa shape index (κ3) is 5.64. The molecule has 0 atom stereocenters. The Morgan fingerprint density at radius 3 is 2.81 bits per heavy atom. The third-order valence-electron chi connectivity index (χ3n) is 4.14. The predicted octanol–water partition coefficient (Wildman–Crippen LogP) is 2.95. The van der Waals surface area contributed by atoms with Crippen LogP contribution in [0.1, 0.15) is 23.7 Å². The number of carbonyl (C=O) groups excluding carboxylic acids is 1. The number of aromatic nitrogens is 3. The molecule has 172 valence electrons. The molecule has 0 fully saturated rings. The molecule has 0 radical (unpaired) electrons. The van der Waals surface area contributed by atoms with Gasteiger partial charge in [-0.25, -0.2) is 22.3 Å². The maximum Gasteiger partial charge on any atom is 0.260 e. The molecule has 0 bridgehead atoms. The summed E-state index contributed by atoms with van der Waals surface area (Å²) in [6, 6.07) is 3.72. The summed E-state index contributed by atoms with van der Waals surface area (Å²) in [6.45, 7) is 2.40. The van der Waals surface area contributed by atoms with E-state index in [9.17, 15) is 17.6 Å². The first-order valence-electron chi connectivity index (χ1n) is 9.51. The zero-order valence-corrected chi connectivity index (χ0v) is 18.8. The van der Waals surface area contributed by atoms with Gasteiger partial charge < -0.3 is 14.8 Å². The summed E-state index contributed by atoms with van der Waals surface area (Å²) in [6.07, 6.45) is 3.19. The van der Waals surface area contributed by atoms with Gasteiger partial charge in [-0.3, -0.25) is 9.52 Å². The van der Waals surface area contributed by atoms with Crippen molar-refractivity contribution in [2.45, 2.75) is 13.3 Å². The summed E-state index contributed by atoms with van der Waals surface area (Å²) in [5, 5.41) is 6.31. The van der Waals surface area contributed by atoms with Gasteiger partial charge in [0.05, 0.1) is 46.7 Å². The van der Waals surface area contributed by atoms with E-state index in [1.807, 2.05) is 0 Å². The van der Waals surface area contributed by atoms with Gasteiger partial charge >= 0.3 is 0 Å². The van der Waals surface area contributed by atoms with Gasteiger partial charge in [0.25, 0.3) is 5.91 Å². The second-order valence-electron chi connectivity index (χ2n) is 6.63. The lowest BCUT2D eigenvalue weighted by Gasteiger charge is -2.13. The van der Waals surface area contributed by atoms with Gasteiger partial charge in [0.2, 0.25) is 15.9 Å². The molecule has 2 aromatic heterocycles. The van der Waals surface area contributed by atoms with Crippen molar-refractivity contribution >= 4 is 44.6 Å². The van der Waals surface area contributed by atoms with Crippen molar-refractivity contribution in [3.8, 4) is 5.88 Å². The molecule has 0 saturated heterocycles. The van der Waals surface area contributed by atoms with Crippen LogP contribution in [0.4, 0.5) is 15.8 Å². The van der Waals surface area contributed by atoms with Crippen LogP contribution < -0.4 is 14.8 Å². The van der Waals surface area contributed by atoms with Crippen molar-refractivity contribution in [1.29, 1.82) is 0 Å². The number of carbonyl (C=O) groups is 1. The van der Waals surface area contributed by atoms with Gasteiger partial charge in [-0.2, -0.15) is 0 Å². The Hall–Kier alpha value is -2.96. The monoisotopic (exact) mass is 485 g/mol. The van der Waals surface area contributed by atoms with Crippen LogP contribution in [-0.4, -0.2) is 55.0 Å². The third-order valence-corrected chi connectivity index (χ3v) is 6.01. The van der Waals surface area contributed by atoms with Crippen LogP contribution in [0, 0.1) is 5.82 Å². The summed E-state index contributed by atoms with van der Waals surface area (Å²) in [7, 11) is -2.13. The topological polar surface area (TPSA) is 124 Å². The number of amides is 1. The van der Waals surface area contributed by atoms with E-state index >= 15 is 0 Å². The van der Waals surface area contributed by atoms with E-state index < -0.39 is 27.3 Å². The van der Waals surface area contributed by atoms with Crippen LogP contribution in [0.5, 0.6) is 5.88 Å². The van der Waals surface area contributed by atoms with E-state index in [1.54, 1.807) is 20.1 Å². The molecule has 0 aliphatic carbocycles. The van der Waals surface area contributed by atoms with Crippen molar-refractivity contribution in [1.82, 2.24) is 14.6 Å². The number of anilines is 2. The van der Waals surface area contributed by atoms with Gasteiger partial charge in [0.1, 0.15) is 12.4 Å². The Labute approximate surface area is 188 Å². The van der Waals surface area contributed by atoms with Gasteiger partial charge in [0.15, 0.2) is 5.65 Å². The highest BCUT2D eigenvalue weighted by Crippen LogP contribution is 2.30. The molecule has 0 aliphatic rings. The van der Waals surface area contributed by atoms with Crippen LogP contribution in [-0.2, 0) is 14.8 Å². The highest BCUT2D eigenvalue weighted by Gasteiger charge is 2.22. The fraction of sp³-hybridized carbons (Fsp3) is 0.316. The smallest absolute Gasteiger partial charge is 0.260 e. The molecule has 1 amide bonds. The number of benzene rings is 1. The van der Waals surface area contributed by atoms with E-state index in [0.717, 1.165) is 12.1 Å². The quantitative estimate of drug-likeness (QED) is 0.423. The van der Waals surface area contributed by atoms with Crippen LogP contribution >= 0.6 is 11.6 Å². The number of nitrogens with zero attached hydrogens (tertiary/aromatic N) is 3. The van der Waals surface area contributed by atoms with E-state index in [0.29, 0.717) is 31.2 Å². The zero-order valence-electron chi connectivity index (χ0n) is 17.3. The molecule has 2 heterocycles. The maximum atomic E-state index is 14.4. The second kappa shape index (κ2) is 10.1. The highest BCUT2D eigenvalue weighted by atomic mass is 35.5. The average molecular weight is 486 g/mol. The fourth-order valence-electron chi connectivity index (χ4n) is 2.74. The molecule has 0 aliphatic heterocycles. The van der Waals surface area contributed by atoms with Gasteiger partial charge in [-0.05, 0) is 18.6 Å². The normalized spacial score (nSPS) is 11.5. The van der Waals surface area contributed by atoms with Crippen LogP contribution in [0.25, 0.3) is 5.65 Å². The number of fused-ring (bicyclic) bond motifs is 1. The van der Waals surface area contributed by atoms with E-state index in [4.69, 9.17) is 21.1 Å². The molecular formula is C19H21ClFN5O5S. The van der Waals surface area contributed by atoms with Crippen LogP contribution in [0.2, 0.25) is 5.02 Å². The lowest BCUT2D eigenvalue weighted by molar-refractivity contribution is 0.102. The summed E-state index contributed by atoms with van der Waals surface area (Å²) in [5.74, 6) is -1.62. The fourth-order valence-corrected chi connectivity index (χ4v) is 4.23. The zero-order chi connectivity index (χ0) is 23.3. The number of hydrogen-bond donors (Lipinski definition) is 2. The van der Waals surface area contributed by atoms with Gasteiger partial charge in [0, 0.05) is 13.2 Å². The molecule has 3 aromatic rings. The first-order valence-corrected chi connectivity index (χ1v) is 11.5. The number of ether oxygens (including phenoxy) is 2. The average Bonchev–Trinajstić information content (AvgIpc) is 3.12. The molecule has 3 rings (SSSR count). The predicted molar refractivity (Wildman–Crippen MR) is 117 cm³/mol. The minimum atomic E-state index is -3.68. The van der Waals surface area contributed by atoms with E-state index in [-0.39, 0.29) is 22.2 Å². The van der Waals surface area contributed by atoms with Crippen molar-refractivity contribution in [3.63, 3.8) is 0 Å². The number of methoxy groups -OCH3 is 1. The lowest BCUT2D eigenvalue weighted by atomic mass is 10.1. The first kappa shape index (κ1) is 23.7. The molecule has 32 heavy (non-hydrogen) atoms. The Kier molecular flexibility index (Phi) is 7.48. The van der Waals surface area contributed by atoms with Crippen molar-refractivity contribution in [2.75, 3.05) is 36.1 Å². The Bertz CT molecular complexity index is 1230. The summed E-state index contributed by atoms with van der Waals surface area (Å²) in [5.41, 5.74) is 0.0751. The summed E-state index contributed by atoms with van der Waals surface area (Å²) < 4.78 is 52.4. The first-order chi connectivity index (χ1) is 15.2. The molecule has 13 heteroatoms. The lowest BCUT2D eigenvalue weighted by Crippen LogP contribution is -2.19. The number of nitrogens with one attached hydrogen (secondary N) is 2. The molecular weight excluding hydrogens is 465 g/mol. The maximum absolute atomic E-state index is 14.4. The number of halogens is 2. The molecule has 1 aromatic carbocycles. The number of hydrogen-bond acceptors (Lipinski definition) is 7. The SMILES string of the molecule is CCCS(=O)(=O)Nc1ccc(F)c(C(=O)Nc2cnc3cc(OCCOC)nn3c2)c1Cl. The van der Waals surface area contributed by atoms with Crippen molar-refractivity contribution in [2.24, 2.45) is 0 Å². The Morgan fingerprint density at radius 1 is 1.31 bits per heavy atom. The van der Waals surface area contributed by atoms with E-state index in [2.05, 4.69) is 20.1 Å². The Morgan fingerprint density at radius 2 is 2.09 bits per heavy atom. The highest BCUT2D eigenvalue weighted by molar-refractivity contribution is 7.92. The van der Waals surface area contributed by atoms with Crippen molar-refractivity contribution in [3.05, 3.63) is 47.0 Å². The number of rotatable bonds is 10. The molecule has 0 spiro atoms. The van der Waals surface area contributed by atoms with E-state index in [1.165, 1.54) is 16.9 Å². The minimum Gasteiger partial charge on any atom is -0.474 e. The van der Waals surface area contributed by atoms with Crippen LogP contribution in [0.3, 0.4) is 0 Å². The molecule has 0 unspecified atom stereocenters. The molecule has 0 saturated carbocycles. The largest absolute Gasteiger partial charge is 0.474 e. The summed E-state index contributed by atoms with van der Waals surface area (Å²) in [4.78, 5) is 16.9. The molecule has 2 N–H and O–H groups in total. The van der Waals surface area contributed by atoms with Gasteiger partial charge in [-0.15, -0.1) is 5.10 Å². The minimum absolute atomic E-state index is 0.0924. The summed E-state index contributed by atoms with van der Waals surface area (Å²) >= 11 is 6.15. The standard InChI is InChI=1S/C19H21ClFN5O5S/c1-3-8-32(28,29)25-14-5-4-13(21)17(18(14)20)19(27)23-12-10-22-15-9-16(24-26(15)11-12)31-7-6-30-2/h4-5,9-11,25H,3,6-8H2,1-2H3,(H,23,27). The van der Waals surface area contributed by atoms with Crippen molar-refractivity contribution < 1.29 is 27.1 Å². The van der Waals surface area contributed by atoms with Gasteiger partial charge in [-0.1, -0.05) is 18.5 Å². The van der Waals surface area contributed by atoms with Crippen LogP contribution in [0.15, 0.2) is 30.6 Å². The molecule has 10 nitrogen and oxygen atoms in total. The second-order valence-corrected chi connectivity index (χ2v) is 8.85. The number of sulfonamides is 1. The Balaban J connectivity index is 1.82.